The van der Waals surface area contributed by atoms with Crippen molar-refractivity contribution >= 4 is 58.6 Å². The molecule has 1 aromatic heterocycles. The van der Waals surface area contributed by atoms with Crippen molar-refractivity contribution in [2.45, 2.75) is 57.8 Å². The molecule has 8 nitrogen and oxygen atoms in total. The van der Waals surface area contributed by atoms with E-state index < -0.39 is 23.7 Å². The molecule has 0 radical (unpaired) electrons. The van der Waals surface area contributed by atoms with E-state index in [1.54, 1.807) is 13.0 Å². The number of aliphatic imine (C=N–C) groups is 1. The van der Waals surface area contributed by atoms with Crippen molar-refractivity contribution in [3.63, 3.8) is 0 Å². The lowest BCUT2D eigenvalue weighted by molar-refractivity contribution is -0.153. The van der Waals surface area contributed by atoms with Crippen molar-refractivity contribution in [1.82, 2.24) is 15.6 Å². The molecule has 1 aromatic rings. The Morgan fingerprint density at radius 2 is 2.16 bits per heavy atom. The highest BCUT2D eigenvalue weighted by Gasteiger charge is 2.41. The third kappa shape index (κ3) is 6.14. The average Bonchev–Trinajstić information content (AvgIpc) is 3.37. The Morgan fingerprint density at radius 1 is 1.38 bits per heavy atom. The predicted molar refractivity (Wildman–Crippen MR) is 130 cm³/mol. The number of hydrogen-bond donors (Lipinski definition) is 3. The van der Waals surface area contributed by atoms with Gasteiger partial charge in [0.05, 0.1) is 13.0 Å². The van der Waals surface area contributed by atoms with E-state index in [0.717, 1.165) is 5.01 Å². The standard InChI is InChI=1S/C21H28N4O4S3/c1-12(2)17-19(27)29-13(6-4-5-7-30)8-15(26)22-9-16-23-14(10-31-16)18-25-21(3,11-32-18)20(28)24-17/h4,6,10,12-13,17,30H,5,7-9,11H2,1-3H3,(H,22,26)(H,24,28)/b6-4+/t13?,17-,21+/m0/s1. The summed E-state index contributed by atoms with van der Waals surface area (Å²) in [6, 6.07) is -0.855. The molecule has 2 aliphatic heterocycles. The number of aromatic nitrogens is 1. The maximum Gasteiger partial charge on any atom is 0.329 e. The van der Waals surface area contributed by atoms with Crippen LogP contribution in [0.4, 0.5) is 0 Å². The second-order valence-corrected chi connectivity index (χ2v) is 10.6. The van der Waals surface area contributed by atoms with Crippen molar-refractivity contribution in [3.8, 4) is 0 Å². The Kier molecular flexibility index (Phi) is 8.40. The maximum atomic E-state index is 13.1. The van der Waals surface area contributed by atoms with E-state index in [9.17, 15) is 14.4 Å². The number of esters is 1. The average molecular weight is 497 g/mol. The summed E-state index contributed by atoms with van der Waals surface area (Å²) in [5.41, 5.74) is -0.311. The highest BCUT2D eigenvalue weighted by Crippen LogP contribution is 2.32. The number of hydrogen-bond acceptors (Lipinski definition) is 9. The molecule has 0 fully saturated rings. The van der Waals surface area contributed by atoms with Crippen molar-refractivity contribution in [2.24, 2.45) is 10.9 Å². The fraction of sp³-hybridized carbons (Fsp3) is 0.571. The van der Waals surface area contributed by atoms with Crippen LogP contribution in [0.1, 0.15) is 44.3 Å². The first-order valence-corrected chi connectivity index (χ1v) is 12.9. The fourth-order valence-electron chi connectivity index (χ4n) is 3.15. The summed E-state index contributed by atoms with van der Waals surface area (Å²) in [6.45, 7) is 5.69. The monoisotopic (exact) mass is 496 g/mol. The van der Waals surface area contributed by atoms with Crippen molar-refractivity contribution in [1.29, 1.82) is 0 Å². The van der Waals surface area contributed by atoms with Gasteiger partial charge in [-0.15, -0.1) is 23.1 Å². The summed E-state index contributed by atoms with van der Waals surface area (Å²) in [5, 5.41) is 8.96. The Bertz CT molecular complexity index is 930. The minimum absolute atomic E-state index is 0.0217. The van der Waals surface area contributed by atoms with Crippen LogP contribution >= 0.6 is 35.7 Å². The van der Waals surface area contributed by atoms with Gasteiger partial charge in [-0.25, -0.2) is 9.78 Å². The maximum absolute atomic E-state index is 13.1. The van der Waals surface area contributed by atoms with Crippen LogP contribution in [0, 0.1) is 5.92 Å². The number of thioether (sulfide) groups is 1. The highest BCUT2D eigenvalue weighted by molar-refractivity contribution is 8.14. The van der Waals surface area contributed by atoms with Gasteiger partial charge in [-0.1, -0.05) is 19.9 Å². The van der Waals surface area contributed by atoms with Gasteiger partial charge in [-0.2, -0.15) is 12.6 Å². The van der Waals surface area contributed by atoms with Gasteiger partial charge in [0, 0.05) is 11.1 Å². The Labute approximate surface area is 201 Å². The molecule has 1 unspecified atom stereocenters. The van der Waals surface area contributed by atoms with Crippen LogP contribution in [0.25, 0.3) is 0 Å². The third-order valence-electron chi connectivity index (χ3n) is 5.04. The van der Waals surface area contributed by atoms with Crippen LogP contribution in [-0.2, 0) is 25.7 Å². The molecule has 0 saturated heterocycles. The molecule has 32 heavy (non-hydrogen) atoms. The number of thiol groups is 1. The SMILES string of the molecule is CC(C)[C@@H]1NC(=O)[C@@]2(C)CSC(=N2)c2csc(n2)CNC(=O)CC(/C=C/CCS)OC1=O. The topological polar surface area (TPSA) is 110 Å². The fourth-order valence-corrected chi connectivity index (χ4v) is 5.23. The number of ether oxygens (including phenoxy) is 1. The first-order chi connectivity index (χ1) is 15.2. The Balaban J connectivity index is 1.92. The van der Waals surface area contributed by atoms with E-state index in [-0.39, 0.29) is 30.7 Å². The van der Waals surface area contributed by atoms with Gasteiger partial charge in [0.2, 0.25) is 11.8 Å². The van der Waals surface area contributed by atoms with E-state index in [4.69, 9.17) is 4.74 Å². The van der Waals surface area contributed by atoms with E-state index >= 15 is 0 Å². The Hall–Kier alpha value is -1.85. The molecule has 174 valence electrons. The molecule has 0 spiro atoms. The molecule has 3 atom stereocenters. The van der Waals surface area contributed by atoms with Gasteiger partial charge in [0.1, 0.15) is 33.4 Å². The van der Waals surface area contributed by atoms with Crippen molar-refractivity contribution < 1.29 is 19.1 Å². The number of nitrogens with zero attached hydrogens (tertiary/aromatic N) is 2. The number of allylic oxidation sites excluding steroid dienone is 1. The first kappa shape index (κ1) is 24.8. The summed E-state index contributed by atoms with van der Waals surface area (Å²) in [4.78, 5) is 47.8. The molecule has 2 aliphatic rings. The van der Waals surface area contributed by atoms with Gasteiger partial charge in [-0.3, -0.25) is 14.6 Å². The lowest BCUT2D eigenvalue weighted by Crippen LogP contribution is -2.53. The van der Waals surface area contributed by atoms with Crippen molar-refractivity contribution in [2.75, 3.05) is 11.5 Å². The largest absolute Gasteiger partial charge is 0.456 e. The van der Waals surface area contributed by atoms with Gasteiger partial charge in [-0.05, 0) is 31.1 Å². The van der Waals surface area contributed by atoms with Crippen LogP contribution in [-0.4, -0.2) is 57.0 Å². The minimum atomic E-state index is -1.01. The second-order valence-electron chi connectivity index (χ2n) is 8.20. The van der Waals surface area contributed by atoms with Crippen LogP contribution in [0.2, 0.25) is 0 Å². The predicted octanol–water partition coefficient (Wildman–Crippen LogP) is 2.34. The number of carbonyl (C=O) groups excluding carboxylic acids is 3. The van der Waals surface area contributed by atoms with E-state index in [0.29, 0.717) is 28.7 Å². The lowest BCUT2D eigenvalue weighted by Gasteiger charge is -2.27. The van der Waals surface area contributed by atoms with Gasteiger partial charge < -0.3 is 15.4 Å². The number of fused-ring (bicyclic) bond motifs is 4. The zero-order valence-electron chi connectivity index (χ0n) is 18.3. The second kappa shape index (κ2) is 10.8. The number of carbonyl (C=O) groups is 3. The molecule has 0 aromatic carbocycles. The first-order valence-electron chi connectivity index (χ1n) is 10.4. The molecule has 2 amide bonds. The van der Waals surface area contributed by atoms with E-state index in [2.05, 4.69) is 33.2 Å². The Morgan fingerprint density at radius 3 is 2.88 bits per heavy atom. The normalized spacial score (nSPS) is 27.3. The van der Waals surface area contributed by atoms with Crippen LogP contribution in [0.3, 0.4) is 0 Å². The molecular formula is C21H28N4O4S3. The summed E-state index contributed by atoms with van der Waals surface area (Å²) >= 11 is 7.06. The summed E-state index contributed by atoms with van der Waals surface area (Å²) in [6.07, 6.45) is 3.44. The molecular weight excluding hydrogens is 468 g/mol. The van der Waals surface area contributed by atoms with Crippen LogP contribution in [0.5, 0.6) is 0 Å². The number of nitrogens with one attached hydrogen (secondary N) is 2. The van der Waals surface area contributed by atoms with Crippen LogP contribution < -0.4 is 10.6 Å². The summed E-state index contributed by atoms with van der Waals surface area (Å²) in [7, 11) is 0. The number of amides is 2. The quantitative estimate of drug-likeness (QED) is 0.335. The zero-order chi connectivity index (χ0) is 23.3. The molecule has 0 saturated carbocycles. The summed E-state index contributed by atoms with van der Waals surface area (Å²) in [5.74, 6) is -0.282. The third-order valence-corrected chi connectivity index (χ3v) is 7.43. The van der Waals surface area contributed by atoms with Gasteiger partial charge in [0.25, 0.3) is 0 Å². The van der Waals surface area contributed by atoms with Crippen LogP contribution in [0.15, 0.2) is 22.5 Å². The molecule has 3 heterocycles. The van der Waals surface area contributed by atoms with Gasteiger partial charge >= 0.3 is 5.97 Å². The minimum Gasteiger partial charge on any atom is -0.456 e. The van der Waals surface area contributed by atoms with E-state index in [1.807, 2.05) is 25.3 Å². The number of cyclic esters (lactones) is 1. The van der Waals surface area contributed by atoms with Gasteiger partial charge in [0.15, 0.2) is 0 Å². The smallest absolute Gasteiger partial charge is 0.329 e. The van der Waals surface area contributed by atoms with E-state index in [1.165, 1.54) is 23.1 Å². The number of rotatable bonds is 4. The number of thiazole rings is 1. The molecule has 0 aliphatic carbocycles. The molecule has 2 N–H and O–H groups in total. The highest BCUT2D eigenvalue weighted by atomic mass is 32.2. The van der Waals surface area contributed by atoms with Crippen molar-refractivity contribution in [3.05, 3.63) is 28.2 Å². The summed E-state index contributed by atoms with van der Waals surface area (Å²) < 4.78 is 5.65. The molecule has 3 rings (SSSR count). The molecule has 11 heteroatoms. The lowest BCUT2D eigenvalue weighted by atomic mass is 10.0. The zero-order valence-corrected chi connectivity index (χ0v) is 20.8. The molecule has 4 bridgehead atoms.